The molecule has 2 aliphatic rings. The number of carbonyl (C=O) groups is 1. The highest BCUT2D eigenvalue weighted by molar-refractivity contribution is 5.95. The molecule has 2 saturated heterocycles. The number of nitrogens with zero attached hydrogens (tertiary/aromatic N) is 5. The second-order valence-electron chi connectivity index (χ2n) is 9.89. The largest absolute Gasteiger partial charge is 0.497 e. The molecule has 10 nitrogen and oxygen atoms in total. The Morgan fingerprint density at radius 1 is 1.16 bits per heavy atom. The fourth-order valence-electron chi connectivity index (χ4n) is 5.47. The van der Waals surface area contributed by atoms with E-state index in [0.29, 0.717) is 31.3 Å². The van der Waals surface area contributed by atoms with E-state index in [2.05, 4.69) is 15.1 Å². The Bertz CT molecular complexity index is 1220. The zero-order chi connectivity index (χ0) is 26.0. The predicted molar refractivity (Wildman–Crippen MR) is 140 cm³/mol. The number of H-pyrrole nitrogens is 1. The molecule has 10 heteroatoms. The quantitative estimate of drug-likeness (QED) is 0.483. The average molecular weight is 507 g/mol. The van der Waals surface area contributed by atoms with E-state index in [1.807, 2.05) is 48.2 Å². The number of hydrogen-bond donors (Lipinski definition) is 2. The van der Waals surface area contributed by atoms with Crippen molar-refractivity contribution in [1.29, 1.82) is 0 Å². The SMILES string of the molecule is COc1cccc(CN2C(=O)N(c3ccc(-c4cn[nH]c4)c(OC)n3)CC23CCN(CC(C)O)CC3)c1. The lowest BCUT2D eigenvalue weighted by Crippen LogP contribution is -2.54. The van der Waals surface area contributed by atoms with Gasteiger partial charge in [0.15, 0.2) is 0 Å². The Hall–Kier alpha value is -3.63. The van der Waals surface area contributed by atoms with Gasteiger partial charge in [-0.25, -0.2) is 4.79 Å². The Morgan fingerprint density at radius 2 is 1.97 bits per heavy atom. The molecule has 2 fully saturated rings. The number of hydrogen-bond acceptors (Lipinski definition) is 7. The average Bonchev–Trinajstić information content (AvgIpc) is 3.53. The Balaban J connectivity index is 1.46. The standard InChI is InChI=1S/C27H34N6O4/c1-19(34)16-31-11-9-27(10-12-31)18-32(26(35)33(27)17-20-5-4-6-22(13-20)36-2)24-8-7-23(25(30-24)37-3)21-14-28-29-15-21/h4-8,13-15,19,34H,9-12,16-18H2,1-3H3,(H,28,29). The molecule has 0 bridgehead atoms. The number of benzene rings is 1. The van der Waals surface area contributed by atoms with E-state index in [9.17, 15) is 9.90 Å². The van der Waals surface area contributed by atoms with Crippen LogP contribution in [0.3, 0.4) is 0 Å². The van der Waals surface area contributed by atoms with E-state index in [4.69, 9.17) is 14.5 Å². The van der Waals surface area contributed by atoms with Crippen LogP contribution >= 0.6 is 0 Å². The van der Waals surface area contributed by atoms with Gasteiger partial charge in [0, 0.05) is 43.5 Å². The molecule has 0 aliphatic carbocycles. The van der Waals surface area contributed by atoms with Gasteiger partial charge in [-0.3, -0.25) is 10.00 Å². The number of aliphatic hydroxyl groups excluding tert-OH is 1. The van der Waals surface area contributed by atoms with E-state index in [1.54, 1.807) is 31.5 Å². The van der Waals surface area contributed by atoms with Crippen LogP contribution in [0.5, 0.6) is 11.6 Å². The zero-order valence-corrected chi connectivity index (χ0v) is 21.6. The highest BCUT2D eigenvalue weighted by atomic mass is 16.5. The first-order valence-corrected chi connectivity index (χ1v) is 12.6. The molecule has 196 valence electrons. The molecule has 4 heterocycles. The van der Waals surface area contributed by atoms with Crippen molar-refractivity contribution < 1.29 is 19.4 Å². The fourth-order valence-corrected chi connectivity index (χ4v) is 5.47. The molecule has 2 N–H and O–H groups in total. The summed E-state index contributed by atoms with van der Waals surface area (Å²) in [5, 5.41) is 16.7. The number of methoxy groups -OCH3 is 2. The van der Waals surface area contributed by atoms with Gasteiger partial charge >= 0.3 is 6.03 Å². The van der Waals surface area contributed by atoms with Crippen LogP contribution in [0.4, 0.5) is 10.6 Å². The van der Waals surface area contributed by atoms with Crippen LogP contribution in [-0.4, -0.2) is 88.2 Å². The second-order valence-corrected chi connectivity index (χ2v) is 9.89. The van der Waals surface area contributed by atoms with Crippen LogP contribution in [0.2, 0.25) is 0 Å². The molecule has 1 unspecified atom stereocenters. The number of ether oxygens (including phenoxy) is 2. The summed E-state index contributed by atoms with van der Waals surface area (Å²) < 4.78 is 11.0. The summed E-state index contributed by atoms with van der Waals surface area (Å²) in [6, 6.07) is 11.6. The van der Waals surface area contributed by atoms with Gasteiger partial charge in [-0.2, -0.15) is 10.1 Å². The Labute approximate surface area is 216 Å². The number of aromatic nitrogens is 3. The van der Waals surface area contributed by atoms with E-state index in [1.165, 1.54) is 0 Å². The van der Waals surface area contributed by atoms with Gasteiger partial charge in [-0.1, -0.05) is 12.1 Å². The lowest BCUT2D eigenvalue weighted by molar-refractivity contribution is 0.0488. The van der Waals surface area contributed by atoms with Gasteiger partial charge in [0.1, 0.15) is 11.6 Å². The van der Waals surface area contributed by atoms with Crippen LogP contribution in [0.25, 0.3) is 11.1 Å². The molecule has 1 spiro atoms. The molecule has 1 aromatic carbocycles. The monoisotopic (exact) mass is 506 g/mol. The Kier molecular flexibility index (Phi) is 7.03. The maximum Gasteiger partial charge on any atom is 0.326 e. The number of β-amino-alcohol motifs (C(OH)–C–C–N with tert-alkyl or cyclic N) is 1. The number of aliphatic hydroxyl groups is 1. The van der Waals surface area contributed by atoms with E-state index in [-0.39, 0.29) is 17.7 Å². The number of piperidine rings is 1. The molecular weight excluding hydrogens is 472 g/mol. The minimum absolute atomic E-state index is 0.0718. The predicted octanol–water partition coefficient (Wildman–Crippen LogP) is 3.15. The van der Waals surface area contributed by atoms with Crippen LogP contribution < -0.4 is 14.4 Å². The summed E-state index contributed by atoms with van der Waals surface area (Å²) in [5.74, 6) is 1.77. The van der Waals surface area contributed by atoms with Crippen molar-refractivity contribution in [1.82, 2.24) is 25.0 Å². The van der Waals surface area contributed by atoms with Gasteiger partial charge in [-0.15, -0.1) is 0 Å². The third kappa shape index (κ3) is 4.99. The van der Waals surface area contributed by atoms with Gasteiger partial charge in [0.25, 0.3) is 0 Å². The number of amides is 2. The maximum atomic E-state index is 14.0. The van der Waals surface area contributed by atoms with Crippen LogP contribution in [-0.2, 0) is 6.54 Å². The third-order valence-corrected chi connectivity index (χ3v) is 7.40. The molecule has 2 aromatic heterocycles. The number of urea groups is 1. The number of anilines is 1. The summed E-state index contributed by atoms with van der Waals surface area (Å²) >= 11 is 0. The number of pyridine rings is 1. The van der Waals surface area contributed by atoms with Gasteiger partial charge < -0.3 is 24.4 Å². The van der Waals surface area contributed by atoms with Crippen molar-refractivity contribution in [2.75, 3.05) is 45.3 Å². The summed E-state index contributed by atoms with van der Waals surface area (Å²) in [7, 11) is 3.23. The van der Waals surface area contributed by atoms with Crippen LogP contribution in [0, 0.1) is 0 Å². The first kappa shape index (κ1) is 25.0. The van der Waals surface area contributed by atoms with Gasteiger partial charge in [0.05, 0.1) is 38.6 Å². The molecule has 0 saturated carbocycles. The number of rotatable bonds is 8. The van der Waals surface area contributed by atoms with Crippen LogP contribution in [0.15, 0.2) is 48.8 Å². The summed E-state index contributed by atoms with van der Waals surface area (Å²) in [5.41, 5.74) is 2.35. The Morgan fingerprint density at radius 3 is 2.65 bits per heavy atom. The topological polar surface area (TPSA) is 107 Å². The maximum absolute atomic E-state index is 14.0. The van der Waals surface area contributed by atoms with E-state index >= 15 is 0 Å². The van der Waals surface area contributed by atoms with E-state index < -0.39 is 0 Å². The molecule has 5 rings (SSSR count). The summed E-state index contributed by atoms with van der Waals surface area (Å²) in [6.45, 7) is 5.10. The summed E-state index contributed by atoms with van der Waals surface area (Å²) in [6.07, 6.45) is 4.75. The van der Waals surface area contributed by atoms with Crippen LogP contribution in [0.1, 0.15) is 25.3 Å². The molecular formula is C27H34N6O4. The number of nitrogens with one attached hydrogen (secondary N) is 1. The molecule has 2 amide bonds. The van der Waals surface area contributed by atoms with Crippen molar-refractivity contribution in [2.24, 2.45) is 0 Å². The fraction of sp³-hybridized carbons (Fsp3) is 0.444. The summed E-state index contributed by atoms with van der Waals surface area (Å²) in [4.78, 5) is 24.8. The molecule has 37 heavy (non-hydrogen) atoms. The second kappa shape index (κ2) is 10.4. The first-order valence-electron chi connectivity index (χ1n) is 12.6. The number of carbonyl (C=O) groups excluding carboxylic acids is 1. The lowest BCUT2D eigenvalue weighted by atomic mass is 9.86. The minimum Gasteiger partial charge on any atom is -0.497 e. The number of aromatic amines is 1. The smallest absolute Gasteiger partial charge is 0.326 e. The van der Waals surface area contributed by atoms with Crippen molar-refractivity contribution >= 4 is 11.8 Å². The molecule has 0 radical (unpaired) electrons. The van der Waals surface area contributed by atoms with Crippen molar-refractivity contribution in [3.8, 4) is 22.8 Å². The molecule has 1 atom stereocenters. The molecule has 2 aliphatic heterocycles. The normalized spacial score (nSPS) is 18.4. The van der Waals surface area contributed by atoms with Crippen molar-refractivity contribution in [3.05, 3.63) is 54.4 Å². The number of likely N-dealkylation sites (tertiary alicyclic amines) is 1. The zero-order valence-electron chi connectivity index (χ0n) is 21.6. The highest BCUT2D eigenvalue weighted by Crippen LogP contribution is 2.40. The van der Waals surface area contributed by atoms with Gasteiger partial charge in [-0.05, 0) is 49.6 Å². The van der Waals surface area contributed by atoms with Crippen molar-refractivity contribution in [3.63, 3.8) is 0 Å². The third-order valence-electron chi connectivity index (χ3n) is 7.40. The lowest BCUT2D eigenvalue weighted by Gasteiger charge is -2.44. The van der Waals surface area contributed by atoms with E-state index in [0.717, 1.165) is 48.4 Å². The first-order chi connectivity index (χ1) is 17.9. The van der Waals surface area contributed by atoms with Gasteiger partial charge in [0.2, 0.25) is 5.88 Å². The van der Waals surface area contributed by atoms with Crippen molar-refractivity contribution in [2.45, 2.75) is 38.0 Å². The minimum atomic E-state index is -0.381. The highest BCUT2D eigenvalue weighted by Gasteiger charge is 2.51. The molecule has 3 aromatic rings.